The van der Waals surface area contributed by atoms with Gasteiger partial charge < -0.3 is 10.3 Å². The van der Waals surface area contributed by atoms with Gasteiger partial charge in [-0.05, 0) is 0 Å². The maximum Gasteiger partial charge on any atom is 0.320 e. The first-order valence-electron chi connectivity index (χ1n) is 2.38. The second-order valence-corrected chi connectivity index (χ2v) is 2.57. The molecule has 0 bridgehead atoms. The van der Waals surface area contributed by atoms with Gasteiger partial charge in [-0.1, -0.05) is 0 Å². The Morgan fingerprint density at radius 2 is 2.33 bits per heavy atom. The van der Waals surface area contributed by atoms with Crippen molar-refractivity contribution in [2.24, 2.45) is 5.73 Å². The van der Waals surface area contributed by atoms with E-state index in [-0.39, 0.29) is 25.7 Å². The van der Waals surface area contributed by atoms with Gasteiger partial charge in [-0.15, -0.1) is 0 Å². The van der Waals surface area contributed by atoms with Crippen LogP contribution in [0.4, 0.5) is 0 Å². The van der Waals surface area contributed by atoms with Crippen LogP contribution in [-0.4, -0.2) is 12.8 Å². The van der Waals surface area contributed by atoms with Crippen LogP contribution in [-0.2, 0) is 33.1 Å². The Hall–Kier alpha value is 0.733. The Bertz CT molecular complexity index is 111. The normalized spacial score (nSPS) is 35.2. The summed E-state index contributed by atoms with van der Waals surface area (Å²) in [6, 6.07) is 0. The molecule has 0 amide bonds. The molecule has 0 aromatic carbocycles. The zero-order valence-electron chi connectivity index (χ0n) is 5.00. The van der Waals surface area contributed by atoms with E-state index in [1.807, 2.05) is 0 Å². The van der Waals surface area contributed by atoms with Crippen molar-refractivity contribution in [3.05, 3.63) is 0 Å². The molecule has 1 rings (SSSR count). The second kappa shape index (κ2) is 4.53. The molecule has 0 radical (unpaired) electrons. The van der Waals surface area contributed by atoms with Crippen LogP contribution < -0.4 is 5.73 Å². The predicted octanol–water partition coefficient (Wildman–Crippen LogP) is 0.0953. The van der Waals surface area contributed by atoms with Crippen LogP contribution in [0, 0.1) is 0 Å². The third-order valence-electron chi connectivity index (χ3n) is 0.870. The maximum absolute atomic E-state index is 10.3. The van der Waals surface area contributed by atoms with Crippen LogP contribution in [0.5, 0.6) is 0 Å². The van der Waals surface area contributed by atoms with Crippen LogP contribution in [0.2, 0.25) is 0 Å². The van der Waals surface area contributed by atoms with Gasteiger partial charge in [0.1, 0.15) is 6.23 Å². The van der Waals surface area contributed by atoms with E-state index in [4.69, 9.17) is 5.73 Å². The molecule has 50 valence electrons. The van der Waals surface area contributed by atoms with Gasteiger partial charge in [0.2, 0.25) is 0 Å². The Labute approximate surface area is 66.8 Å². The molecule has 0 aromatic heterocycles. The molecular weight excluding hydrogens is 194 g/mol. The average molecular weight is 202 g/mol. The molecule has 2 N–H and O–H groups in total. The van der Waals surface area contributed by atoms with Gasteiger partial charge in [-0.2, -0.15) is 0 Å². The van der Waals surface area contributed by atoms with Crippen molar-refractivity contribution in [3.8, 4) is 0 Å². The van der Waals surface area contributed by atoms with Crippen LogP contribution in [0.15, 0.2) is 0 Å². The van der Waals surface area contributed by atoms with Crippen molar-refractivity contribution in [3.63, 3.8) is 0 Å². The van der Waals surface area contributed by atoms with E-state index in [1.54, 1.807) is 0 Å². The topological polar surface area (TPSA) is 61.5 Å². The quantitative estimate of drug-likeness (QED) is 0.447. The third-order valence-corrected chi connectivity index (χ3v) is 1.80. The summed E-state index contributed by atoms with van der Waals surface area (Å²) in [5, 5.41) is 0. The molecule has 9 heavy (non-hydrogen) atoms. The maximum atomic E-state index is 10.3. The summed E-state index contributed by atoms with van der Waals surface area (Å²) >= 11 is 0. The fourth-order valence-corrected chi connectivity index (χ4v) is 1.19. The number of hydrogen-bond acceptors (Lipinski definition) is 4. The SMILES string of the molecule is NC1CCO[PH](=O)O1.[Zn]. The van der Waals surface area contributed by atoms with Crippen molar-refractivity contribution >= 4 is 8.25 Å². The van der Waals surface area contributed by atoms with E-state index in [9.17, 15) is 4.57 Å². The second-order valence-electron chi connectivity index (χ2n) is 1.54. The Balaban J connectivity index is 0.000000640. The van der Waals surface area contributed by atoms with Gasteiger partial charge in [0.25, 0.3) is 0 Å². The van der Waals surface area contributed by atoms with Crippen molar-refractivity contribution in [2.75, 3.05) is 6.61 Å². The fraction of sp³-hybridized carbons (Fsp3) is 1.00. The van der Waals surface area contributed by atoms with Crippen LogP contribution in [0.1, 0.15) is 6.42 Å². The molecule has 6 heteroatoms. The molecular formula is C3H8NO3PZn. The van der Waals surface area contributed by atoms with E-state index < -0.39 is 8.25 Å². The summed E-state index contributed by atoms with van der Waals surface area (Å²) < 4.78 is 19.5. The van der Waals surface area contributed by atoms with E-state index in [2.05, 4.69) is 9.05 Å². The van der Waals surface area contributed by atoms with Crippen molar-refractivity contribution in [2.45, 2.75) is 12.6 Å². The largest absolute Gasteiger partial charge is 0.320 e. The first-order valence-corrected chi connectivity index (χ1v) is 3.60. The summed E-state index contributed by atoms with van der Waals surface area (Å²) in [4.78, 5) is 0. The summed E-state index contributed by atoms with van der Waals surface area (Å²) in [6.07, 6.45) is 0.256. The molecule has 1 aliphatic heterocycles. The van der Waals surface area contributed by atoms with Crippen molar-refractivity contribution in [1.82, 2.24) is 0 Å². The van der Waals surface area contributed by atoms with Crippen LogP contribution >= 0.6 is 8.25 Å². The van der Waals surface area contributed by atoms with Crippen molar-refractivity contribution in [1.29, 1.82) is 0 Å². The molecule has 1 fully saturated rings. The standard InChI is InChI=1S/C3H8NO3P.Zn/c4-3-1-2-6-8(5)7-3;/h3,8H,1-2,4H2;. The average Bonchev–Trinajstić information content (AvgIpc) is 1.64. The smallest absolute Gasteiger partial charge is 0.310 e. The molecule has 2 unspecified atom stereocenters. The molecule has 0 spiro atoms. The number of rotatable bonds is 0. The predicted molar refractivity (Wildman–Crippen MR) is 28.6 cm³/mol. The van der Waals surface area contributed by atoms with Gasteiger partial charge in [0.15, 0.2) is 0 Å². The first kappa shape index (κ1) is 9.73. The monoisotopic (exact) mass is 201 g/mol. The molecule has 0 aliphatic carbocycles. The number of nitrogens with two attached hydrogens (primary N) is 1. The third kappa shape index (κ3) is 3.44. The minimum absolute atomic E-state index is 0. The molecule has 1 saturated heterocycles. The van der Waals surface area contributed by atoms with Crippen molar-refractivity contribution < 1.29 is 33.1 Å². The summed E-state index contributed by atoms with van der Waals surface area (Å²) in [6.45, 7) is 0.457. The first-order chi connectivity index (χ1) is 3.79. The Kier molecular flexibility index (Phi) is 4.90. The van der Waals surface area contributed by atoms with E-state index in [1.165, 1.54) is 0 Å². The van der Waals surface area contributed by atoms with Gasteiger partial charge in [-0.3, -0.25) is 9.09 Å². The Morgan fingerprint density at radius 1 is 1.67 bits per heavy atom. The molecule has 4 nitrogen and oxygen atoms in total. The van der Waals surface area contributed by atoms with Gasteiger partial charge in [0, 0.05) is 25.9 Å². The zero-order valence-corrected chi connectivity index (χ0v) is 8.97. The molecule has 1 heterocycles. The van der Waals surface area contributed by atoms with Crippen LogP contribution in [0.25, 0.3) is 0 Å². The summed E-state index contributed by atoms with van der Waals surface area (Å²) in [5.41, 5.74) is 5.25. The molecule has 1 aliphatic rings. The van der Waals surface area contributed by atoms with Crippen LogP contribution in [0.3, 0.4) is 0 Å². The number of hydrogen-bond donors (Lipinski definition) is 1. The molecule has 0 aromatic rings. The van der Waals surface area contributed by atoms with E-state index in [0.29, 0.717) is 13.0 Å². The van der Waals surface area contributed by atoms with E-state index in [0.717, 1.165) is 0 Å². The minimum Gasteiger partial charge on any atom is -0.310 e. The van der Waals surface area contributed by atoms with Gasteiger partial charge in [-0.25, -0.2) is 0 Å². The molecule has 0 saturated carbocycles. The minimum atomic E-state index is -2.22. The fourth-order valence-electron chi connectivity index (χ4n) is 0.475. The zero-order chi connectivity index (χ0) is 5.98. The van der Waals surface area contributed by atoms with Gasteiger partial charge in [0.05, 0.1) is 6.61 Å². The Morgan fingerprint density at radius 3 is 2.67 bits per heavy atom. The summed E-state index contributed by atoms with van der Waals surface area (Å²) in [5.74, 6) is 0. The van der Waals surface area contributed by atoms with E-state index >= 15 is 0 Å². The molecule has 2 atom stereocenters. The van der Waals surface area contributed by atoms with Gasteiger partial charge >= 0.3 is 8.25 Å². The summed E-state index contributed by atoms with van der Waals surface area (Å²) in [7, 11) is -2.22.